The van der Waals surface area contributed by atoms with Crippen molar-refractivity contribution in [3.63, 3.8) is 0 Å². The molecule has 2 heteroatoms. The van der Waals surface area contributed by atoms with Gasteiger partial charge in [0.25, 0.3) is 0 Å². The van der Waals surface area contributed by atoms with Crippen LogP contribution in [0.25, 0.3) is 0 Å². The molecular weight excluding hydrogens is 392 g/mol. The molecule has 0 aromatic heterocycles. The Morgan fingerprint density at radius 3 is 1.88 bits per heavy atom. The first-order valence-corrected chi connectivity index (χ1v) is 13.9. The summed E-state index contributed by atoms with van der Waals surface area (Å²) in [5.74, 6) is 2.70. The number of carbonyl (C=O) groups is 1. The summed E-state index contributed by atoms with van der Waals surface area (Å²) in [4.78, 5) is 13.6. The fourth-order valence-corrected chi connectivity index (χ4v) is 11.6. The van der Waals surface area contributed by atoms with Gasteiger partial charge in [-0.3, -0.25) is 4.79 Å². The lowest BCUT2D eigenvalue weighted by molar-refractivity contribution is -0.252. The zero-order chi connectivity index (χ0) is 23.5. The number of Topliss-reactive ketones (excluding diaryl/α,β-unsaturated/α-hetero) is 1. The van der Waals surface area contributed by atoms with Crippen LogP contribution in [0.1, 0.15) is 120 Å². The van der Waals surface area contributed by atoms with Crippen molar-refractivity contribution in [2.24, 2.45) is 56.2 Å². The summed E-state index contributed by atoms with van der Waals surface area (Å²) in [5, 5.41) is 11.1. The van der Waals surface area contributed by atoms with Crippen molar-refractivity contribution in [2.75, 3.05) is 0 Å². The van der Waals surface area contributed by atoms with Gasteiger partial charge in [-0.1, -0.05) is 61.8 Å². The van der Waals surface area contributed by atoms with Crippen LogP contribution in [0.15, 0.2) is 0 Å². The molecule has 0 amide bonds. The van der Waals surface area contributed by atoms with Gasteiger partial charge in [-0.15, -0.1) is 0 Å². The van der Waals surface area contributed by atoms with Crippen molar-refractivity contribution in [3.05, 3.63) is 0 Å². The summed E-state index contributed by atoms with van der Waals surface area (Å²) < 4.78 is 0. The number of hydrogen-bond acceptors (Lipinski definition) is 2. The van der Waals surface area contributed by atoms with Crippen molar-refractivity contribution < 1.29 is 9.90 Å². The predicted octanol–water partition coefficient (Wildman–Crippen LogP) is 7.43. The summed E-state index contributed by atoms with van der Waals surface area (Å²) in [6, 6.07) is 0. The van der Waals surface area contributed by atoms with E-state index in [9.17, 15) is 9.90 Å². The molecule has 5 saturated carbocycles. The molecule has 5 aliphatic rings. The number of fused-ring (bicyclic) bond motifs is 7. The topological polar surface area (TPSA) is 37.3 Å². The van der Waals surface area contributed by atoms with Gasteiger partial charge in [-0.2, -0.15) is 0 Å². The Balaban J connectivity index is 1.55. The maximum Gasteiger partial charge on any atom is 0.144 e. The Morgan fingerprint density at radius 2 is 1.25 bits per heavy atom. The largest absolute Gasteiger partial charge is 0.392 e. The van der Waals surface area contributed by atoms with Crippen molar-refractivity contribution in [3.8, 4) is 0 Å². The molecule has 32 heavy (non-hydrogen) atoms. The molecule has 0 bridgehead atoms. The lowest BCUT2D eigenvalue weighted by Gasteiger charge is -2.74. The number of aliphatic hydroxyl groups excluding tert-OH is 1. The Hall–Kier alpha value is -0.370. The van der Waals surface area contributed by atoms with Crippen LogP contribution in [0.3, 0.4) is 0 Å². The SMILES string of the molecule is CC1(C)CCC[C@]2(C)[C@H]3CC[C@@H]4[C@@]5(C)C[C@@H](O)C(C)(C)C(=O)[C@@H]5CC[C@@]4(C)[C@]3(C)CC[C@@H]12. The fraction of sp³-hybridized carbons (Fsp3) is 0.967. The van der Waals surface area contributed by atoms with Gasteiger partial charge in [0.15, 0.2) is 0 Å². The Morgan fingerprint density at radius 1 is 0.688 bits per heavy atom. The quantitative estimate of drug-likeness (QED) is 0.423. The van der Waals surface area contributed by atoms with Crippen molar-refractivity contribution in [1.29, 1.82) is 0 Å². The Kier molecular flexibility index (Phi) is 4.85. The molecule has 9 atom stereocenters. The van der Waals surface area contributed by atoms with E-state index < -0.39 is 11.5 Å². The van der Waals surface area contributed by atoms with Crippen LogP contribution < -0.4 is 0 Å². The molecule has 1 N–H and O–H groups in total. The molecule has 5 aliphatic carbocycles. The first-order valence-electron chi connectivity index (χ1n) is 13.9. The maximum absolute atomic E-state index is 13.6. The molecule has 5 rings (SSSR count). The van der Waals surface area contributed by atoms with Gasteiger partial charge < -0.3 is 5.11 Å². The van der Waals surface area contributed by atoms with Crippen molar-refractivity contribution in [2.45, 2.75) is 126 Å². The molecule has 0 aliphatic heterocycles. The number of ketones is 1. The number of carbonyl (C=O) groups excluding carboxylic acids is 1. The minimum absolute atomic E-state index is 0.0451. The third-order valence-corrected chi connectivity index (χ3v) is 13.6. The lowest BCUT2D eigenvalue weighted by atomic mass is 9.31. The van der Waals surface area contributed by atoms with E-state index in [-0.39, 0.29) is 16.7 Å². The average molecular weight is 443 g/mol. The third-order valence-electron chi connectivity index (χ3n) is 13.6. The monoisotopic (exact) mass is 442 g/mol. The smallest absolute Gasteiger partial charge is 0.144 e. The molecule has 0 aromatic rings. The summed E-state index contributed by atoms with van der Waals surface area (Å²) in [5.41, 5.74) is 0.933. The molecule has 0 aromatic carbocycles. The number of aliphatic hydroxyl groups is 1. The zero-order valence-electron chi connectivity index (χ0n) is 22.3. The van der Waals surface area contributed by atoms with Gasteiger partial charge in [-0.25, -0.2) is 0 Å². The first-order chi connectivity index (χ1) is 14.6. The van der Waals surface area contributed by atoms with Gasteiger partial charge in [0, 0.05) is 11.3 Å². The number of rotatable bonds is 0. The second-order valence-electron chi connectivity index (χ2n) is 15.4. The van der Waals surface area contributed by atoms with Crippen LogP contribution in [0.2, 0.25) is 0 Å². The summed E-state index contributed by atoms with van der Waals surface area (Å²) in [6.45, 7) is 19.4. The standard InChI is InChI=1S/C30H50O2/c1-25(2)14-9-15-27(5)20(25)13-17-30(8)21(27)10-11-22-28(6)18-23(31)26(3,4)24(32)19(28)12-16-29(22,30)7/h19-23,31H,9-18H2,1-8H3/t19-,20-,21+,22+,23+,27-,28-,29+,30+/m0/s1. The van der Waals surface area contributed by atoms with Crippen molar-refractivity contribution in [1.82, 2.24) is 0 Å². The molecule has 0 spiro atoms. The van der Waals surface area contributed by atoms with E-state index in [1.807, 2.05) is 13.8 Å². The predicted molar refractivity (Wildman–Crippen MR) is 131 cm³/mol. The van der Waals surface area contributed by atoms with Gasteiger partial charge in [0.05, 0.1) is 6.10 Å². The zero-order valence-corrected chi connectivity index (χ0v) is 22.3. The summed E-state index contributed by atoms with van der Waals surface area (Å²) >= 11 is 0. The van der Waals surface area contributed by atoms with Crippen LogP contribution >= 0.6 is 0 Å². The second-order valence-corrected chi connectivity index (χ2v) is 15.4. The second kappa shape index (κ2) is 6.64. The van der Waals surface area contributed by atoms with E-state index in [0.29, 0.717) is 27.9 Å². The van der Waals surface area contributed by atoms with Gasteiger partial charge >= 0.3 is 0 Å². The molecule has 0 saturated heterocycles. The highest BCUT2D eigenvalue weighted by Crippen LogP contribution is 2.77. The van der Waals surface area contributed by atoms with Crippen LogP contribution in [-0.2, 0) is 4.79 Å². The van der Waals surface area contributed by atoms with E-state index in [4.69, 9.17) is 0 Å². The van der Waals surface area contributed by atoms with E-state index in [1.54, 1.807) is 0 Å². The normalized spacial score (nSPS) is 56.4. The minimum atomic E-state index is -0.585. The molecule has 0 heterocycles. The van der Waals surface area contributed by atoms with Gasteiger partial charge in [0.2, 0.25) is 0 Å². The average Bonchev–Trinajstić information content (AvgIpc) is 2.66. The molecular formula is C30H50O2. The van der Waals surface area contributed by atoms with E-state index in [2.05, 4.69) is 41.5 Å². The number of hydrogen-bond donors (Lipinski definition) is 1. The maximum atomic E-state index is 13.6. The summed E-state index contributed by atoms with van der Waals surface area (Å²) in [6.07, 6.45) is 12.1. The molecule has 2 nitrogen and oxygen atoms in total. The lowest BCUT2D eigenvalue weighted by Crippen LogP contribution is -2.68. The highest BCUT2D eigenvalue weighted by Gasteiger charge is 2.71. The molecule has 182 valence electrons. The van der Waals surface area contributed by atoms with Gasteiger partial charge in [0.1, 0.15) is 5.78 Å². The van der Waals surface area contributed by atoms with Gasteiger partial charge in [-0.05, 0) is 103 Å². The van der Waals surface area contributed by atoms with E-state index in [1.165, 1.54) is 51.4 Å². The van der Waals surface area contributed by atoms with E-state index >= 15 is 0 Å². The molecule has 5 fully saturated rings. The molecule has 0 radical (unpaired) electrons. The van der Waals surface area contributed by atoms with Crippen LogP contribution in [0.4, 0.5) is 0 Å². The van der Waals surface area contributed by atoms with Crippen LogP contribution in [0.5, 0.6) is 0 Å². The minimum Gasteiger partial charge on any atom is -0.392 e. The van der Waals surface area contributed by atoms with Crippen LogP contribution in [0, 0.1) is 56.2 Å². The highest BCUT2D eigenvalue weighted by atomic mass is 16.3. The Bertz CT molecular complexity index is 812. The third kappa shape index (κ3) is 2.60. The summed E-state index contributed by atoms with van der Waals surface area (Å²) in [7, 11) is 0. The fourth-order valence-electron chi connectivity index (χ4n) is 11.6. The highest BCUT2D eigenvalue weighted by molar-refractivity contribution is 5.88. The van der Waals surface area contributed by atoms with Crippen molar-refractivity contribution >= 4 is 5.78 Å². The Labute approximate surface area is 197 Å². The first kappa shape index (κ1) is 23.4. The molecule has 0 unspecified atom stereocenters. The van der Waals surface area contributed by atoms with E-state index in [0.717, 1.165) is 24.7 Å². The van der Waals surface area contributed by atoms with Crippen LogP contribution in [-0.4, -0.2) is 17.0 Å².